The lowest BCUT2D eigenvalue weighted by atomic mass is 10.3. The number of hydrogen-bond acceptors (Lipinski definition) is 2. The van der Waals surface area contributed by atoms with E-state index in [1.807, 2.05) is 19.9 Å². The van der Waals surface area contributed by atoms with Gasteiger partial charge >= 0.3 is 11.5 Å². The summed E-state index contributed by atoms with van der Waals surface area (Å²) in [5.41, 5.74) is 1.65. The van der Waals surface area contributed by atoms with Gasteiger partial charge in [0, 0.05) is 6.07 Å². The predicted octanol–water partition coefficient (Wildman–Crippen LogP) is -0.536. The third-order valence-electron chi connectivity index (χ3n) is 2.01. The zero-order valence-electron chi connectivity index (χ0n) is 7.83. The van der Waals surface area contributed by atoms with E-state index >= 15 is 0 Å². The van der Waals surface area contributed by atoms with Crippen LogP contribution in [0.25, 0.3) is 5.78 Å². The zero-order chi connectivity index (χ0) is 9.59. The molecular weight excluding hydrogens is 168 g/mol. The molecule has 0 aliphatic rings. The van der Waals surface area contributed by atoms with E-state index in [2.05, 4.69) is 10.1 Å². The molecule has 2 aromatic heterocycles. The van der Waals surface area contributed by atoms with Crippen LogP contribution in [0, 0.1) is 13.8 Å². The van der Waals surface area contributed by atoms with Gasteiger partial charge in [0.2, 0.25) is 0 Å². The summed E-state index contributed by atoms with van der Waals surface area (Å²) < 4.78 is 3.16. The molecule has 0 bridgehead atoms. The Morgan fingerprint density at radius 3 is 2.92 bits per heavy atom. The van der Waals surface area contributed by atoms with Crippen LogP contribution in [0.4, 0.5) is 0 Å². The van der Waals surface area contributed by atoms with Gasteiger partial charge in [0.1, 0.15) is 5.69 Å². The molecule has 0 radical (unpaired) electrons. The lowest BCUT2D eigenvalue weighted by molar-refractivity contribution is -0.706. The summed E-state index contributed by atoms with van der Waals surface area (Å²) in [6, 6.07) is 1.88. The second-order valence-electron chi connectivity index (χ2n) is 3.15. The molecule has 0 unspecified atom stereocenters. The predicted molar refractivity (Wildman–Crippen MR) is 46.5 cm³/mol. The Hall–Kier alpha value is -1.65. The molecule has 0 fully saturated rings. The van der Waals surface area contributed by atoms with Gasteiger partial charge in [-0.15, -0.1) is 4.40 Å². The van der Waals surface area contributed by atoms with Gasteiger partial charge in [-0.25, -0.2) is 4.79 Å². The van der Waals surface area contributed by atoms with Gasteiger partial charge in [-0.3, -0.25) is 0 Å². The van der Waals surface area contributed by atoms with Crippen molar-refractivity contribution in [3.8, 4) is 0 Å². The maximum absolute atomic E-state index is 11.4. The number of aryl methyl sites for hydroxylation is 3. The SMILES string of the molecule is Cc1cc(C)n2c(=O)[nH][n+](C)c2n1. The summed E-state index contributed by atoms with van der Waals surface area (Å²) in [5, 5.41) is 2.65. The minimum Gasteiger partial charge on any atom is -0.225 e. The lowest BCUT2D eigenvalue weighted by Gasteiger charge is -1.91. The van der Waals surface area contributed by atoms with Crippen LogP contribution >= 0.6 is 0 Å². The van der Waals surface area contributed by atoms with Crippen molar-refractivity contribution in [3.05, 3.63) is 27.9 Å². The minimum absolute atomic E-state index is 0.150. The van der Waals surface area contributed by atoms with Gasteiger partial charge in [-0.2, -0.15) is 9.78 Å². The maximum atomic E-state index is 11.4. The second kappa shape index (κ2) is 2.42. The molecule has 0 aliphatic heterocycles. The fourth-order valence-corrected chi connectivity index (χ4v) is 1.48. The molecule has 1 N–H and O–H groups in total. The van der Waals surface area contributed by atoms with Crippen LogP contribution in [-0.2, 0) is 7.05 Å². The van der Waals surface area contributed by atoms with Crippen molar-refractivity contribution in [3.63, 3.8) is 0 Å². The fraction of sp³-hybridized carbons (Fsp3) is 0.375. The first-order chi connectivity index (χ1) is 6.09. The highest BCUT2D eigenvalue weighted by atomic mass is 16.1. The summed E-state index contributed by atoms with van der Waals surface area (Å²) in [7, 11) is 1.77. The lowest BCUT2D eigenvalue weighted by Crippen LogP contribution is -2.33. The molecule has 2 heterocycles. The van der Waals surface area contributed by atoms with Gasteiger partial charge in [-0.1, -0.05) is 4.98 Å². The van der Waals surface area contributed by atoms with E-state index in [9.17, 15) is 4.79 Å². The van der Waals surface area contributed by atoms with Crippen molar-refractivity contribution >= 4 is 5.78 Å². The van der Waals surface area contributed by atoms with Crippen molar-refractivity contribution in [2.45, 2.75) is 13.8 Å². The zero-order valence-corrected chi connectivity index (χ0v) is 7.83. The Kier molecular flexibility index (Phi) is 1.48. The molecule has 0 aliphatic carbocycles. The first-order valence-electron chi connectivity index (χ1n) is 4.04. The van der Waals surface area contributed by atoms with Crippen LogP contribution in [0.1, 0.15) is 11.4 Å². The Bertz CT molecular complexity index is 523. The molecule has 2 rings (SSSR count). The van der Waals surface area contributed by atoms with E-state index < -0.39 is 0 Å². The summed E-state index contributed by atoms with van der Waals surface area (Å²) in [6.07, 6.45) is 0. The average Bonchev–Trinajstić information content (AvgIpc) is 2.27. The highest BCUT2D eigenvalue weighted by Gasteiger charge is 2.15. The van der Waals surface area contributed by atoms with Crippen LogP contribution < -0.4 is 10.4 Å². The van der Waals surface area contributed by atoms with Gasteiger partial charge in [0.25, 0.3) is 0 Å². The van der Waals surface area contributed by atoms with Crippen molar-refractivity contribution in [2.24, 2.45) is 7.05 Å². The molecular formula is C8H11N4O+. The number of fused-ring (bicyclic) bond motifs is 1. The van der Waals surface area contributed by atoms with E-state index in [1.54, 1.807) is 16.1 Å². The topological polar surface area (TPSA) is 54.0 Å². The highest BCUT2D eigenvalue weighted by molar-refractivity contribution is 5.25. The van der Waals surface area contributed by atoms with Crippen LogP contribution in [0.3, 0.4) is 0 Å². The number of aromatic amines is 1. The molecule has 5 heteroatoms. The number of H-pyrrole nitrogens is 1. The Labute approximate surface area is 74.6 Å². The quantitative estimate of drug-likeness (QED) is 0.552. The first kappa shape index (κ1) is 7.97. The Morgan fingerprint density at radius 2 is 2.23 bits per heavy atom. The summed E-state index contributed by atoms with van der Waals surface area (Å²) >= 11 is 0. The van der Waals surface area contributed by atoms with E-state index in [1.165, 1.54) is 0 Å². The number of hydrogen-bond donors (Lipinski definition) is 1. The molecule has 0 saturated heterocycles. The van der Waals surface area contributed by atoms with Crippen molar-refractivity contribution in [1.82, 2.24) is 14.5 Å². The molecule has 2 aromatic rings. The van der Waals surface area contributed by atoms with Gasteiger partial charge in [0.05, 0.1) is 12.7 Å². The maximum Gasteiger partial charge on any atom is 0.425 e. The van der Waals surface area contributed by atoms with Gasteiger partial charge in [0.15, 0.2) is 0 Å². The van der Waals surface area contributed by atoms with Gasteiger partial charge < -0.3 is 0 Å². The van der Waals surface area contributed by atoms with E-state index in [4.69, 9.17) is 0 Å². The van der Waals surface area contributed by atoms with E-state index in [0.29, 0.717) is 5.78 Å². The van der Waals surface area contributed by atoms with Gasteiger partial charge in [-0.05, 0) is 13.8 Å². The number of rotatable bonds is 0. The third-order valence-corrected chi connectivity index (χ3v) is 2.01. The standard InChI is InChI=1S/C8H10N4O/c1-5-4-6(2)12-7(9-5)11(3)10-8(12)13/h4H,1-3H3/p+1. The molecule has 0 aromatic carbocycles. The largest absolute Gasteiger partial charge is 0.425 e. The van der Waals surface area contributed by atoms with E-state index in [0.717, 1.165) is 11.4 Å². The third kappa shape index (κ3) is 1.04. The molecule has 68 valence electrons. The highest BCUT2D eigenvalue weighted by Crippen LogP contribution is 1.99. The molecule has 0 saturated carbocycles. The average molecular weight is 179 g/mol. The molecule has 0 atom stereocenters. The number of nitrogens with zero attached hydrogens (tertiary/aromatic N) is 3. The van der Waals surface area contributed by atoms with Crippen LogP contribution in [-0.4, -0.2) is 14.5 Å². The number of nitrogens with one attached hydrogen (secondary N) is 1. The summed E-state index contributed by atoms with van der Waals surface area (Å²) in [4.78, 5) is 15.6. The molecule has 0 amide bonds. The first-order valence-corrected chi connectivity index (χ1v) is 4.04. The van der Waals surface area contributed by atoms with E-state index in [-0.39, 0.29) is 5.69 Å². The monoisotopic (exact) mass is 179 g/mol. The minimum atomic E-state index is -0.150. The summed E-state index contributed by atoms with van der Waals surface area (Å²) in [6.45, 7) is 3.79. The Balaban J connectivity index is 3.06. The van der Waals surface area contributed by atoms with Crippen molar-refractivity contribution in [2.75, 3.05) is 0 Å². The fourth-order valence-electron chi connectivity index (χ4n) is 1.48. The normalized spacial score (nSPS) is 11.0. The molecule has 13 heavy (non-hydrogen) atoms. The van der Waals surface area contributed by atoms with Crippen molar-refractivity contribution < 1.29 is 4.68 Å². The molecule has 0 spiro atoms. The van der Waals surface area contributed by atoms with Crippen LogP contribution in [0.15, 0.2) is 10.9 Å². The molecule has 5 nitrogen and oxygen atoms in total. The van der Waals surface area contributed by atoms with Crippen LogP contribution in [0.5, 0.6) is 0 Å². The second-order valence-corrected chi connectivity index (χ2v) is 3.15. The van der Waals surface area contributed by atoms with Crippen LogP contribution in [0.2, 0.25) is 0 Å². The summed E-state index contributed by atoms with van der Waals surface area (Å²) in [5.74, 6) is 0.641. The smallest absolute Gasteiger partial charge is 0.225 e. The number of aromatic nitrogens is 4. The Morgan fingerprint density at radius 1 is 1.54 bits per heavy atom. The van der Waals surface area contributed by atoms with Crippen molar-refractivity contribution in [1.29, 1.82) is 0 Å².